The van der Waals surface area contributed by atoms with Crippen molar-refractivity contribution in [2.24, 2.45) is 0 Å². The second-order valence-electron chi connectivity index (χ2n) is 6.27. The molecule has 1 aromatic carbocycles. The predicted molar refractivity (Wildman–Crippen MR) is 84.2 cm³/mol. The van der Waals surface area contributed by atoms with Gasteiger partial charge in [-0.2, -0.15) is 0 Å². The molecule has 6 nitrogen and oxygen atoms in total. The van der Waals surface area contributed by atoms with Crippen LogP contribution in [0.25, 0.3) is 11.1 Å². The number of ether oxygens (including phenoxy) is 1. The van der Waals surface area contributed by atoms with E-state index in [-0.39, 0.29) is 24.6 Å². The first kappa shape index (κ1) is 14.5. The number of hydrogen-bond acceptors (Lipinski definition) is 4. The van der Waals surface area contributed by atoms with Gasteiger partial charge in [-0.05, 0) is 25.0 Å². The standard InChI is InChI=1S/C17H20N2O4/c20-16(18-9-10-22-14-7-3-1-5-12(14)18)11-19-13-6-2-4-8-15(13)23-17(19)21/h2,4,6,8,12,14H,1,3,5,7,9-11H2. The van der Waals surface area contributed by atoms with E-state index in [4.69, 9.17) is 9.15 Å². The van der Waals surface area contributed by atoms with E-state index >= 15 is 0 Å². The zero-order valence-corrected chi connectivity index (χ0v) is 12.9. The molecule has 1 saturated carbocycles. The lowest BCUT2D eigenvalue weighted by atomic mass is 9.90. The third-order valence-electron chi connectivity index (χ3n) is 4.92. The van der Waals surface area contributed by atoms with Crippen molar-refractivity contribution in [1.29, 1.82) is 0 Å². The van der Waals surface area contributed by atoms with Crippen LogP contribution in [0.4, 0.5) is 0 Å². The third-order valence-corrected chi connectivity index (χ3v) is 4.92. The largest absolute Gasteiger partial charge is 0.420 e. The normalized spacial score (nSPS) is 24.6. The number of morpholine rings is 1. The Labute approximate surface area is 133 Å². The molecule has 0 N–H and O–H groups in total. The molecule has 4 rings (SSSR count). The first-order valence-electron chi connectivity index (χ1n) is 8.23. The number of amides is 1. The first-order valence-corrected chi connectivity index (χ1v) is 8.23. The molecule has 2 heterocycles. The van der Waals surface area contributed by atoms with E-state index < -0.39 is 5.76 Å². The molecule has 1 amide bonds. The van der Waals surface area contributed by atoms with Crippen LogP contribution in [-0.4, -0.2) is 40.7 Å². The summed E-state index contributed by atoms with van der Waals surface area (Å²) in [5.41, 5.74) is 1.18. The van der Waals surface area contributed by atoms with Gasteiger partial charge in [-0.3, -0.25) is 9.36 Å². The van der Waals surface area contributed by atoms with Crippen molar-refractivity contribution in [3.8, 4) is 0 Å². The minimum Gasteiger partial charge on any atom is -0.408 e. The quantitative estimate of drug-likeness (QED) is 0.847. The average molecular weight is 316 g/mol. The van der Waals surface area contributed by atoms with Crippen molar-refractivity contribution in [3.63, 3.8) is 0 Å². The van der Waals surface area contributed by atoms with Gasteiger partial charge in [0.2, 0.25) is 5.91 Å². The van der Waals surface area contributed by atoms with Crippen molar-refractivity contribution < 1.29 is 13.9 Å². The summed E-state index contributed by atoms with van der Waals surface area (Å²) < 4.78 is 12.4. The highest BCUT2D eigenvalue weighted by Gasteiger charge is 2.36. The van der Waals surface area contributed by atoms with Gasteiger partial charge in [0, 0.05) is 6.54 Å². The number of aromatic nitrogens is 1. The van der Waals surface area contributed by atoms with E-state index in [0.717, 1.165) is 25.7 Å². The molecule has 122 valence electrons. The molecule has 0 radical (unpaired) electrons. The van der Waals surface area contributed by atoms with E-state index in [0.29, 0.717) is 24.3 Å². The monoisotopic (exact) mass is 316 g/mol. The Morgan fingerprint density at radius 3 is 2.96 bits per heavy atom. The Morgan fingerprint density at radius 1 is 1.22 bits per heavy atom. The number of hydrogen-bond donors (Lipinski definition) is 0. The molecule has 0 bridgehead atoms. The molecular formula is C17H20N2O4. The van der Waals surface area contributed by atoms with Crippen LogP contribution in [0.3, 0.4) is 0 Å². The summed E-state index contributed by atoms with van der Waals surface area (Å²) in [4.78, 5) is 26.7. The van der Waals surface area contributed by atoms with E-state index in [2.05, 4.69) is 0 Å². The molecule has 1 aliphatic heterocycles. The number of fused-ring (bicyclic) bond motifs is 2. The number of para-hydroxylation sites is 2. The summed E-state index contributed by atoms with van der Waals surface area (Å²) in [6.07, 6.45) is 4.44. The summed E-state index contributed by atoms with van der Waals surface area (Å²) in [5.74, 6) is -0.508. The highest BCUT2D eigenvalue weighted by molar-refractivity contribution is 5.80. The van der Waals surface area contributed by atoms with Crippen molar-refractivity contribution in [3.05, 3.63) is 34.8 Å². The number of oxazole rings is 1. The van der Waals surface area contributed by atoms with Crippen LogP contribution in [-0.2, 0) is 16.1 Å². The second kappa shape index (κ2) is 5.85. The lowest BCUT2D eigenvalue weighted by Gasteiger charge is -2.43. The average Bonchev–Trinajstić information content (AvgIpc) is 2.90. The lowest BCUT2D eigenvalue weighted by Crippen LogP contribution is -2.55. The summed E-state index contributed by atoms with van der Waals surface area (Å²) >= 11 is 0. The van der Waals surface area contributed by atoms with Crippen LogP contribution in [0.2, 0.25) is 0 Å². The molecule has 2 aliphatic rings. The Morgan fingerprint density at radius 2 is 2.04 bits per heavy atom. The van der Waals surface area contributed by atoms with Crippen molar-refractivity contribution in [2.75, 3.05) is 13.2 Å². The fourth-order valence-electron chi connectivity index (χ4n) is 3.80. The minimum atomic E-state index is -0.479. The molecule has 2 fully saturated rings. The molecule has 2 unspecified atom stereocenters. The maximum Gasteiger partial charge on any atom is 0.420 e. The molecule has 1 aliphatic carbocycles. The van der Waals surface area contributed by atoms with E-state index in [9.17, 15) is 9.59 Å². The molecule has 1 saturated heterocycles. The van der Waals surface area contributed by atoms with Gasteiger partial charge in [0.05, 0.1) is 24.3 Å². The first-order chi connectivity index (χ1) is 11.2. The van der Waals surface area contributed by atoms with Gasteiger partial charge in [-0.15, -0.1) is 0 Å². The highest BCUT2D eigenvalue weighted by atomic mass is 16.5. The number of rotatable bonds is 2. The van der Waals surface area contributed by atoms with Crippen LogP contribution < -0.4 is 5.76 Å². The lowest BCUT2D eigenvalue weighted by molar-refractivity contribution is -0.150. The van der Waals surface area contributed by atoms with Crippen LogP contribution in [0.5, 0.6) is 0 Å². The molecule has 2 aromatic rings. The zero-order chi connectivity index (χ0) is 15.8. The van der Waals surface area contributed by atoms with Gasteiger partial charge in [0.1, 0.15) is 6.54 Å². The molecular weight excluding hydrogens is 296 g/mol. The van der Waals surface area contributed by atoms with E-state index in [1.165, 1.54) is 4.57 Å². The predicted octanol–water partition coefficient (Wildman–Crippen LogP) is 1.76. The topological polar surface area (TPSA) is 64.7 Å². The van der Waals surface area contributed by atoms with Gasteiger partial charge in [0.15, 0.2) is 5.58 Å². The fraction of sp³-hybridized carbons (Fsp3) is 0.529. The van der Waals surface area contributed by atoms with Crippen molar-refractivity contribution >= 4 is 17.0 Å². The van der Waals surface area contributed by atoms with Crippen LogP contribution in [0.15, 0.2) is 33.5 Å². The smallest absolute Gasteiger partial charge is 0.408 e. The van der Waals surface area contributed by atoms with Gasteiger partial charge in [0.25, 0.3) is 0 Å². The van der Waals surface area contributed by atoms with Crippen LogP contribution in [0.1, 0.15) is 25.7 Å². The second-order valence-corrected chi connectivity index (χ2v) is 6.27. The minimum absolute atomic E-state index is 0.0269. The van der Waals surface area contributed by atoms with Crippen molar-refractivity contribution in [2.45, 2.75) is 44.4 Å². The summed E-state index contributed by atoms with van der Waals surface area (Å²) in [7, 11) is 0. The summed E-state index contributed by atoms with van der Waals surface area (Å²) in [6, 6.07) is 7.34. The summed E-state index contributed by atoms with van der Waals surface area (Å²) in [5, 5.41) is 0. The molecule has 6 heteroatoms. The number of benzene rings is 1. The number of carbonyl (C=O) groups excluding carboxylic acids is 1. The molecule has 1 aromatic heterocycles. The Hall–Kier alpha value is -2.08. The maximum atomic E-state index is 12.8. The molecule has 2 atom stereocenters. The Bertz CT molecular complexity index is 776. The zero-order valence-electron chi connectivity index (χ0n) is 12.9. The Kier molecular flexibility index (Phi) is 3.69. The fourth-order valence-corrected chi connectivity index (χ4v) is 3.80. The van der Waals surface area contributed by atoms with Crippen LogP contribution >= 0.6 is 0 Å². The number of nitrogens with zero attached hydrogens (tertiary/aromatic N) is 2. The number of carbonyl (C=O) groups is 1. The van der Waals surface area contributed by atoms with Gasteiger partial charge in [-0.25, -0.2) is 4.79 Å². The molecule has 0 spiro atoms. The van der Waals surface area contributed by atoms with E-state index in [1.54, 1.807) is 12.1 Å². The summed E-state index contributed by atoms with van der Waals surface area (Å²) in [6.45, 7) is 1.21. The Balaban J connectivity index is 1.59. The maximum absolute atomic E-state index is 12.8. The third kappa shape index (κ3) is 2.57. The van der Waals surface area contributed by atoms with Gasteiger partial charge in [-0.1, -0.05) is 25.0 Å². The van der Waals surface area contributed by atoms with E-state index in [1.807, 2.05) is 17.0 Å². The highest BCUT2D eigenvalue weighted by Crippen LogP contribution is 2.28. The van der Waals surface area contributed by atoms with Crippen molar-refractivity contribution in [1.82, 2.24) is 9.47 Å². The van der Waals surface area contributed by atoms with Crippen LogP contribution in [0, 0.1) is 0 Å². The SMILES string of the molecule is O=C(Cn1c(=O)oc2ccccc21)N1CCOC2CCCCC21. The molecule has 23 heavy (non-hydrogen) atoms. The van der Waals surface area contributed by atoms with Gasteiger partial charge < -0.3 is 14.1 Å². The van der Waals surface area contributed by atoms with Gasteiger partial charge >= 0.3 is 5.76 Å².